The van der Waals surface area contributed by atoms with E-state index in [1.54, 1.807) is 19.2 Å². The lowest BCUT2D eigenvalue weighted by Gasteiger charge is -2.30. The number of rotatable bonds is 12. The monoisotopic (exact) mass is 529 g/mol. The van der Waals surface area contributed by atoms with Gasteiger partial charge in [0.1, 0.15) is 23.8 Å². The molecule has 1 fully saturated rings. The van der Waals surface area contributed by atoms with E-state index in [9.17, 15) is 5.11 Å². The lowest BCUT2D eigenvalue weighted by Crippen LogP contribution is -2.48. The van der Waals surface area contributed by atoms with Crippen LogP contribution < -0.4 is 14.2 Å². The number of aryl methyl sites for hydroxylation is 2. The van der Waals surface area contributed by atoms with Crippen LogP contribution in [0.25, 0.3) is 0 Å². The molecule has 1 aliphatic rings. The highest BCUT2D eigenvalue weighted by Crippen LogP contribution is 2.29. The van der Waals surface area contributed by atoms with Gasteiger partial charge in [0.25, 0.3) is 0 Å². The standard InChI is InChI=1S/C28H36ClN3O5/c1-3-27-30-10-12-32(27)11-5-14-36-25-9-8-22(16-26(25)34-2)18-31-13-15-35-20-28(33,19-31)21-37-24-7-4-6-23(29)17-24/h4,6-10,12,16-17,33H,3,5,11,13-15,18-21H2,1-2H3. The van der Waals surface area contributed by atoms with Gasteiger partial charge in [-0.2, -0.15) is 0 Å². The minimum absolute atomic E-state index is 0.110. The van der Waals surface area contributed by atoms with Crippen molar-refractivity contribution in [2.75, 3.05) is 46.6 Å². The first-order chi connectivity index (χ1) is 18.0. The van der Waals surface area contributed by atoms with Gasteiger partial charge in [-0.25, -0.2) is 4.98 Å². The van der Waals surface area contributed by atoms with Crippen molar-refractivity contribution in [1.82, 2.24) is 14.5 Å². The zero-order valence-corrected chi connectivity index (χ0v) is 22.3. The third-order valence-corrected chi connectivity index (χ3v) is 6.53. The number of ether oxygens (including phenoxy) is 4. The van der Waals surface area contributed by atoms with E-state index < -0.39 is 5.60 Å². The van der Waals surface area contributed by atoms with Gasteiger partial charge in [-0.15, -0.1) is 0 Å². The second-order valence-electron chi connectivity index (χ2n) is 9.31. The Morgan fingerprint density at radius 1 is 1.16 bits per heavy atom. The molecule has 1 atom stereocenters. The van der Waals surface area contributed by atoms with Crippen molar-refractivity contribution >= 4 is 11.6 Å². The van der Waals surface area contributed by atoms with Gasteiger partial charge in [0.15, 0.2) is 11.5 Å². The van der Waals surface area contributed by atoms with Crippen LogP contribution in [0.4, 0.5) is 0 Å². The predicted octanol–water partition coefficient (Wildman–Crippen LogP) is 4.22. The summed E-state index contributed by atoms with van der Waals surface area (Å²) in [5, 5.41) is 11.8. The highest BCUT2D eigenvalue weighted by Gasteiger charge is 2.33. The molecule has 0 radical (unpaired) electrons. The summed E-state index contributed by atoms with van der Waals surface area (Å²) in [6.45, 7) is 6.17. The molecule has 1 N–H and O–H groups in total. The first-order valence-electron chi connectivity index (χ1n) is 12.7. The highest BCUT2D eigenvalue weighted by atomic mass is 35.5. The van der Waals surface area contributed by atoms with E-state index in [0.717, 1.165) is 36.5 Å². The summed E-state index contributed by atoms with van der Waals surface area (Å²) in [5.74, 6) is 3.12. The molecule has 1 aliphatic heterocycles. The van der Waals surface area contributed by atoms with Gasteiger partial charge in [-0.1, -0.05) is 30.7 Å². The van der Waals surface area contributed by atoms with Gasteiger partial charge < -0.3 is 28.6 Å². The van der Waals surface area contributed by atoms with Gasteiger partial charge in [0.2, 0.25) is 0 Å². The summed E-state index contributed by atoms with van der Waals surface area (Å²) in [7, 11) is 1.65. The fourth-order valence-corrected chi connectivity index (χ4v) is 4.64. The molecule has 0 bridgehead atoms. The number of aliphatic hydroxyl groups is 1. The number of nitrogens with zero attached hydrogens (tertiary/aromatic N) is 3. The van der Waals surface area contributed by atoms with E-state index in [1.807, 2.05) is 42.7 Å². The summed E-state index contributed by atoms with van der Waals surface area (Å²) in [6, 6.07) is 13.1. The largest absolute Gasteiger partial charge is 0.493 e. The molecule has 2 aromatic carbocycles. The summed E-state index contributed by atoms with van der Waals surface area (Å²) < 4.78 is 25.3. The lowest BCUT2D eigenvalue weighted by atomic mass is 10.1. The van der Waals surface area contributed by atoms with E-state index in [-0.39, 0.29) is 13.2 Å². The number of β-amino-alcohol motifs (C(OH)–C–C–N with tert-alkyl or cyclic N) is 1. The second-order valence-corrected chi connectivity index (χ2v) is 9.75. The molecule has 37 heavy (non-hydrogen) atoms. The Balaban J connectivity index is 1.31. The fourth-order valence-electron chi connectivity index (χ4n) is 4.46. The van der Waals surface area contributed by atoms with Crippen LogP contribution in [0.1, 0.15) is 24.7 Å². The highest BCUT2D eigenvalue weighted by molar-refractivity contribution is 6.30. The van der Waals surface area contributed by atoms with Gasteiger partial charge in [-0.3, -0.25) is 4.90 Å². The third kappa shape index (κ3) is 7.85. The van der Waals surface area contributed by atoms with Crippen molar-refractivity contribution in [3.8, 4) is 17.2 Å². The van der Waals surface area contributed by atoms with Crippen LogP contribution in [0.3, 0.4) is 0 Å². The van der Waals surface area contributed by atoms with Crippen molar-refractivity contribution in [1.29, 1.82) is 0 Å². The maximum atomic E-state index is 11.2. The smallest absolute Gasteiger partial charge is 0.161 e. The van der Waals surface area contributed by atoms with Gasteiger partial charge in [-0.05, 0) is 42.3 Å². The molecule has 3 aromatic rings. The number of aromatic nitrogens is 2. The zero-order valence-electron chi connectivity index (χ0n) is 21.6. The summed E-state index contributed by atoms with van der Waals surface area (Å²) in [4.78, 5) is 6.53. The van der Waals surface area contributed by atoms with Crippen LogP contribution in [0.2, 0.25) is 5.02 Å². The first kappa shape index (κ1) is 27.3. The van der Waals surface area contributed by atoms with E-state index in [4.69, 9.17) is 30.5 Å². The summed E-state index contributed by atoms with van der Waals surface area (Å²) in [5.41, 5.74) is -0.0750. The number of halogens is 1. The molecule has 0 aliphatic carbocycles. The molecule has 200 valence electrons. The normalized spacial score (nSPS) is 18.4. The van der Waals surface area contributed by atoms with Crippen molar-refractivity contribution in [3.05, 3.63) is 71.3 Å². The lowest BCUT2D eigenvalue weighted by molar-refractivity contribution is -0.0646. The molecule has 0 spiro atoms. The molecule has 1 aromatic heterocycles. The molecular formula is C28H36ClN3O5. The fraction of sp³-hybridized carbons (Fsp3) is 0.464. The average molecular weight is 530 g/mol. The van der Waals surface area contributed by atoms with E-state index >= 15 is 0 Å². The number of hydrogen-bond donors (Lipinski definition) is 1. The van der Waals surface area contributed by atoms with Crippen molar-refractivity contribution in [2.24, 2.45) is 0 Å². The SMILES string of the molecule is CCc1nccn1CCCOc1ccc(CN2CCOCC(O)(COc3cccc(Cl)c3)C2)cc1OC. The molecular weight excluding hydrogens is 494 g/mol. The number of imidazole rings is 1. The molecule has 4 rings (SSSR count). The predicted molar refractivity (Wildman–Crippen MR) is 143 cm³/mol. The summed E-state index contributed by atoms with van der Waals surface area (Å²) in [6.07, 6.45) is 5.63. The third-order valence-electron chi connectivity index (χ3n) is 6.30. The van der Waals surface area contributed by atoms with E-state index in [1.165, 1.54) is 0 Å². The maximum Gasteiger partial charge on any atom is 0.161 e. The molecule has 0 saturated carbocycles. The van der Waals surface area contributed by atoms with Crippen LogP contribution in [0.5, 0.6) is 17.2 Å². The molecule has 0 amide bonds. The Hall–Kier alpha value is -2.78. The topological polar surface area (TPSA) is 78.2 Å². The van der Waals surface area contributed by atoms with Crippen LogP contribution in [0.15, 0.2) is 54.9 Å². The molecule has 9 heteroatoms. The number of benzene rings is 2. The van der Waals surface area contributed by atoms with Crippen LogP contribution in [0, 0.1) is 0 Å². The Kier molecular flexibility index (Phi) is 9.68. The molecule has 1 unspecified atom stereocenters. The van der Waals surface area contributed by atoms with Crippen LogP contribution in [-0.2, 0) is 24.2 Å². The van der Waals surface area contributed by atoms with Crippen LogP contribution >= 0.6 is 11.6 Å². The van der Waals surface area contributed by atoms with Gasteiger partial charge >= 0.3 is 0 Å². The molecule has 1 saturated heterocycles. The Bertz CT molecular complexity index is 1140. The summed E-state index contributed by atoms with van der Waals surface area (Å²) >= 11 is 6.05. The minimum Gasteiger partial charge on any atom is -0.493 e. The Morgan fingerprint density at radius 2 is 2.05 bits per heavy atom. The average Bonchev–Trinajstić information content (AvgIpc) is 3.27. The van der Waals surface area contributed by atoms with Crippen molar-refractivity contribution in [3.63, 3.8) is 0 Å². The van der Waals surface area contributed by atoms with Gasteiger partial charge in [0.05, 0.1) is 26.9 Å². The Morgan fingerprint density at radius 3 is 2.86 bits per heavy atom. The number of methoxy groups -OCH3 is 1. The van der Waals surface area contributed by atoms with Crippen molar-refractivity contribution in [2.45, 2.75) is 38.5 Å². The minimum atomic E-state index is -1.14. The molecule has 8 nitrogen and oxygen atoms in total. The Labute approximate surface area is 223 Å². The van der Waals surface area contributed by atoms with Crippen LogP contribution in [-0.4, -0.2) is 71.8 Å². The zero-order chi connectivity index (χ0) is 26.1. The maximum absolute atomic E-state index is 11.2. The van der Waals surface area contributed by atoms with E-state index in [0.29, 0.717) is 49.4 Å². The van der Waals surface area contributed by atoms with E-state index in [2.05, 4.69) is 21.4 Å². The first-order valence-corrected chi connectivity index (χ1v) is 13.1. The molecule has 2 heterocycles. The van der Waals surface area contributed by atoms with Gasteiger partial charge in [0, 0.05) is 50.0 Å². The number of hydrogen-bond acceptors (Lipinski definition) is 7. The quantitative estimate of drug-likeness (QED) is 0.352. The van der Waals surface area contributed by atoms with Crippen molar-refractivity contribution < 1.29 is 24.1 Å². The second kappa shape index (κ2) is 13.1.